The number of ketones is 1. The lowest BCUT2D eigenvalue weighted by atomic mass is 10.1. The molecule has 0 aliphatic rings. The van der Waals surface area contributed by atoms with Crippen molar-refractivity contribution in [2.75, 3.05) is 0 Å². The van der Waals surface area contributed by atoms with E-state index in [1.165, 1.54) is 24.3 Å². The summed E-state index contributed by atoms with van der Waals surface area (Å²) in [5.41, 5.74) is -0.198. The van der Waals surface area contributed by atoms with Gasteiger partial charge < -0.3 is 4.74 Å². The van der Waals surface area contributed by atoms with Crippen LogP contribution in [0.4, 0.5) is 17.6 Å². The van der Waals surface area contributed by atoms with Crippen LogP contribution < -0.4 is 4.74 Å². The van der Waals surface area contributed by atoms with Crippen molar-refractivity contribution in [3.05, 3.63) is 42.0 Å². The van der Waals surface area contributed by atoms with Crippen molar-refractivity contribution in [1.29, 1.82) is 0 Å². The summed E-state index contributed by atoms with van der Waals surface area (Å²) < 4.78 is 53.5. The smallest absolute Gasteiger partial charge is 0.428 e. The molecule has 0 saturated heterocycles. The summed E-state index contributed by atoms with van der Waals surface area (Å²) in [5, 5.41) is 0. The van der Waals surface area contributed by atoms with E-state index in [9.17, 15) is 22.4 Å². The Labute approximate surface area is 101 Å². The van der Waals surface area contributed by atoms with E-state index in [0.717, 1.165) is 12.1 Å². The fourth-order valence-corrected chi connectivity index (χ4v) is 1.19. The number of carbonyl (C=O) groups excluding carboxylic acids is 1. The SMILES string of the molecule is C/C=C/C(=O)c1ccccc1OC(F)(F)C(F)F. The highest BCUT2D eigenvalue weighted by Gasteiger charge is 2.44. The summed E-state index contributed by atoms with van der Waals surface area (Å²) in [5.74, 6) is -1.18. The molecule has 0 unspecified atom stereocenters. The molecule has 18 heavy (non-hydrogen) atoms. The van der Waals surface area contributed by atoms with E-state index in [0.29, 0.717) is 0 Å². The van der Waals surface area contributed by atoms with Gasteiger partial charge in [0.2, 0.25) is 0 Å². The summed E-state index contributed by atoms with van der Waals surface area (Å²) in [6.07, 6.45) is -6.07. The summed E-state index contributed by atoms with van der Waals surface area (Å²) >= 11 is 0. The molecule has 1 rings (SSSR count). The second-order valence-electron chi connectivity index (χ2n) is 3.32. The first-order valence-corrected chi connectivity index (χ1v) is 4.99. The molecule has 1 aromatic rings. The number of allylic oxidation sites excluding steroid dienone is 2. The van der Waals surface area contributed by atoms with Crippen LogP contribution >= 0.6 is 0 Å². The summed E-state index contributed by atoms with van der Waals surface area (Å²) in [6.45, 7) is 1.56. The second kappa shape index (κ2) is 5.66. The maximum Gasteiger partial charge on any atom is 0.461 e. The third kappa shape index (κ3) is 3.32. The molecule has 0 heterocycles. The van der Waals surface area contributed by atoms with Gasteiger partial charge in [-0.05, 0) is 25.1 Å². The Kier molecular flexibility index (Phi) is 4.47. The van der Waals surface area contributed by atoms with E-state index in [1.54, 1.807) is 6.92 Å². The van der Waals surface area contributed by atoms with E-state index in [4.69, 9.17) is 0 Å². The predicted molar refractivity (Wildman–Crippen MR) is 57.2 cm³/mol. The largest absolute Gasteiger partial charge is 0.461 e. The van der Waals surface area contributed by atoms with Crippen LogP contribution in [0.2, 0.25) is 0 Å². The van der Waals surface area contributed by atoms with Crippen LogP contribution in [0.5, 0.6) is 5.75 Å². The third-order valence-electron chi connectivity index (χ3n) is 1.97. The minimum atomic E-state index is -4.63. The average molecular weight is 262 g/mol. The number of alkyl halides is 4. The highest BCUT2D eigenvalue weighted by molar-refractivity contribution is 6.06. The molecule has 0 aliphatic heterocycles. The quantitative estimate of drug-likeness (QED) is 0.459. The van der Waals surface area contributed by atoms with Crippen molar-refractivity contribution in [2.24, 2.45) is 0 Å². The van der Waals surface area contributed by atoms with Crippen molar-refractivity contribution in [2.45, 2.75) is 19.5 Å². The first-order chi connectivity index (χ1) is 8.38. The van der Waals surface area contributed by atoms with Gasteiger partial charge in [-0.15, -0.1) is 0 Å². The minimum Gasteiger partial charge on any atom is -0.428 e. The maximum atomic E-state index is 12.8. The van der Waals surface area contributed by atoms with Crippen molar-refractivity contribution in [3.63, 3.8) is 0 Å². The number of benzene rings is 1. The average Bonchev–Trinajstić information content (AvgIpc) is 2.29. The number of halogens is 4. The van der Waals surface area contributed by atoms with Crippen LogP contribution in [0.15, 0.2) is 36.4 Å². The molecule has 0 bridgehead atoms. The summed E-state index contributed by atoms with van der Waals surface area (Å²) in [6, 6.07) is 4.99. The van der Waals surface area contributed by atoms with Crippen LogP contribution in [0.3, 0.4) is 0 Å². The number of para-hydroxylation sites is 1. The zero-order valence-corrected chi connectivity index (χ0v) is 9.37. The van der Waals surface area contributed by atoms with E-state index in [1.807, 2.05) is 0 Å². The summed E-state index contributed by atoms with van der Waals surface area (Å²) in [4.78, 5) is 11.5. The Bertz CT molecular complexity index is 455. The molecule has 0 N–H and O–H groups in total. The summed E-state index contributed by atoms with van der Waals surface area (Å²) in [7, 11) is 0. The molecular weight excluding hydrogens is 252 g/mol. The van der Waals surface area contributed by atoms with Gasteiger partial charge >= 0.3 is 12.5 Å². The van der Waals surface area contributed by atoms with Gasteiger partial charge in [0.05, 0.1) is 5.56 Å². The molecule has 0 saturated carbocycles. The third-order valence-corrected chi connectivity index (χ3v) is 1.97. The second-order valence-corrected chi connectivity index (χ2v) is 3.32. The Morgan fingerprint density at radius 2 is 1.94 bits per heavy atom. The molecule has 2 nitrogen and oxygen atoms in total. The molecule has 0 aliphatic carbocycles. The molecule has 98 valence electrons. The van der Waals surface area contributed by atoms with Gasteiger partial charge in [-0.3, -0.25) is 4.79 Å². The first-order valence-electron chi connectivity index (χ1n) is 4.99. The van der Waals surface area contributed by atoms with E-state index in [-0.39, 0.29) is 5.56 Å². The lowest BCUT2D eigenvalue weighted by molar-refractivity contribution is -0.253. The lowest BCUT2D eigenvalue weighted by Crippen LogP contribution is -2.33. The van der Waals surface area contributed by atoms with Gasteiger partial charge in [-0.1, -0.05) is 18.2 Å². The van der Waals surface area contributed by atoms with E-state index in [2.05, 4.69) is 4.74 Å². The molecule has 0 amide bonds. The fraction of sp³-hybridized carbons (Fsp3) is 0.250. The van der Waals surface area contributed by atoms with Crippen LogP contribution in [-0.2, 0) is 0 Å². The Hall–Kier alpha value is -1.85. The predicted octanol–water partition coefficient (Wildman–Crippen LogP) is 3.68. The van der Waals surface area contributed by atoms with E-state index >= 15 is 0 Å². The number of rotatable bonds is 5. The molecule has 0 fully saturated rings. The molecular formula is C12H10F4O2. The Morgan fingerprint density at radius 1 is 1.33 bits per heavy atom. The van der Waals surface area contributed by atoms with Gasteiger partial charge in [0.1, 0.15) is 5.75 Å². The standard InChI is InChI=1S/C12H10F4O2/c1-2-5-9(17)8-6-3-4-7-10(8)18-12(15,16)11(13)14/h2-7,11H,1H3/b5-2+. The van der Waals surface area contributed by atoms with Gasteiger partial charge in [-0.25, -0.2) is 0 Å². The van der Waals surface area contributed by atoms with Crippen molar-refractivity contribution in [1.82, 2.24) is 0 Å². The number of carbonyl (C=O) groups is 1. The van der Waals surface area contributed by atoms with Crippen molar-refractivity contribution >= 4 is 5.78 Å². The van der Waals surface area contributed by atoms with Crippen molar-refractivity contribution < 1.29 is 27.1 Å². The molecule has 0 aromatic heterocycles. The monoisotopic (exact) mass is 262 g/mol. The Morgan fingerprint density at radius 3 is 2.50 bits per heavy atom. The zero-order valence-electron chi connectivity index (χ0n) is 9.37. The molecule has 1 aromatic carbocycles. The lowest BCUT2D eigenvalue weighted by Gasteiger charge is -2.18. The van der Waals surface area contributed by atoms with E-state index < -0.39 is 24.1 Å². The van der Waals surface area contributed by atoms with Crippen LogP contribution in [-0.4, -0.2) is 18.3 Å². The topological polar surface area (TPSA) is 26.3 Å². The highest BCUT2D eigenvalue weighted by atomic mass is 19.3. The minimum absolute atomic E-state index is 0.198. The number of hydrogen-bond donors (Lipinski definition) is 0. The number of hydrogen-bond acceptors (Lipinski definition) is 2. The first kappa shape index (κ1) is 14.2. The normalized spacial score (nSPS) is 12.1. The number of ether oxygens (including phenoxy) is 1. The fourth-order valence-electron chi connectivity index (χ4n) is 1.19. The van der Waals surface area contributed by atoms with Crippen LogP contribution in [0.1, 0.15) is 17.3 Å². The molecule has 0 spiro atoms. The Balaban J connectivity index is 3.07. The van der Waals surface area contributed by atoms with Gasteiger partial charge in [-0.2, -0.15) is 17.6 Å². The molecule has 0 radical (unpaired) electrons. The highest BCUT2D eigenvalue weighted by Crippen LogP contribution is 2.30. The van der Waals surface area contributed by atoms with Crippen LogP contribution in [0, 0.1) is 0 Å². The van der Waals surface area contributed by atoms with Gasteiger partial charge in [0, 0.05) is 0 Å². The molecule has 0 atom stereocenters. The maximum absolute atomic E-state index is 12.8. The van der Waals surface area contributed by atoms with Crippen molar-refractivity contribution in [3.8, 4) is 5.75 Å². The zero-order chi connectivity index (χ0) is 13.8. The molecule has 6 heteroatoms. The van der Waals surface area contributed by atoms with Crippen LogP contribution in [0.25, 0.3) is 0 Å². The van der Waals surface area contributed by atoms with Gasteiger partial charge in [0.25, 0.3) is 0 Å². The van der Waals surface area contributed by atoms with Gasteiger partial charge in [0.15, 0.2) is 5.78 Å².